The molecule has 0 saturated carbocycles. The molecule has 2 N–H and O–H groups in total. The van der Waals surface area contributed by atoms with Crippen molar-refractivity contribution in [2.75, 3.05) is 13.2 Å². The third-order valence-corrected chi connectivity index (χ3v) is 1.84. The molecule has 0 aliphatic rings. The van der Waals surface area contributed by atoms with E-state index in [1.165, 1.54) is 0 Å². The molecule has 0 radical (unpaired) electrons. The summed E-state index contributed by atoms with van der Waals surface area (Å²) < 4.78 is 5.42. The van der Waals surface area contributed by atoms with Crippen LogP contribution >= 0.6 is 0 Å². The highest BCUT2D eigenvalue weighted by molar-refractivity contribution is 4.72. The first-order chi connectivity index (χ1) is 5.02. The Balaban J connectivity index is 3.64. The minimum Gasteiger partial charge on any atom is -0.379 e. The lowest BCUT2D eigenvalue weighted by molar-refractivity contribution is 0.0447. The monoisotopic (exact) mass is 159 g/mol. The van der Waals surface area contributed by atoms with Gasteiger partial charge in [-0.1, -0.05) is 13.8 Å². The molecule has 0 saturated heterocycles. The van der Waals surface area contributed by atoms with E-state index in [2.05, 4.69) is 20.8 Å². The number of rotatable bonds is 5. The van der Waals surface area contributed by atoms with E-state index in [4.69, 9.17) is 10.5 Å². The van der Waals surface area contributed by atoms with Crippen molar-refractivity contribution >= 4 is 0 Å². The molecule has 0 aliphatic heterocycles. The summed E-state index contributed by atoms with van der Waals surface area (Å²) in [6, 6.07) is 0. The summed E-state index contributed by atoms with van der Waals surface area (Å²) in [7, 11) is 0. The van der Waals surface area contributed by atoms with Crippen molar-refractivity contribution in [3.63, 3.8) is 0 Å². The summed E-state index contributed by atoms with van der Waals surface area (Å²) >= 11 is 0. The maximum atomic E-state index is 5.60. The van der Waals surface area contributed by atoms with Gasteiger partial charge in [0.25, 0.3) is 0 Å². The molecular weight excluding hydrogens is 138 g/mol. The van der Waals surface area contributed by atoms with Gasteiger partial charge in [0.05, 0.1) is 6.10 Å². The van der Waals surface area contributed by atoms with Crippen LogP contribution in [0.5, 0.6) is 0 Å². The van der Waals surface area contributed by atoms with Crippen LogP contribution in [0.25, 0.3) is 0 Å². The molecule has 2 nitrogen and oxygen atoms in total. The molecule has 0 aromatic rings. The second-order valence-electron chi connectivity index (χ2n) is 3.84. The van der Waals surface area contributed by atoms with Crippen LogP contribution in [-0.4, -0.2) is 19.3 Å². The lowest BCUT2D eigenvalue weighted by Gasteiger charge is -2.25. The Morgan fingerprint density at radius 2 is 2.00 bits per heavy atom. The van der Waals surface area contributed by atoms with E-state index < -0.39 is 0 Å². The highest BCUT2D eigenvalue weighted by atomic mass is 16.5. The molecule has 2 heteroatoms. The molecule has 0 aromatic carbocycles. The van der Waals surface area contributed by atoms with E-state index in [-0.39, 0.29) is 5.41 Å². The first-order valence-electron chi connectivity index (χ1n) is 4.33. The molecule has 0 rings (SSSR count). The van der Waals surface area contributed by atoms with Gasteiger partial charge in [-0.3, -0.25) is 0 Å². The quantitative estimate of drug-likeness (QED) is 0.663. The van der Waals surface area contributed by atoms with E-state index >= 15 is 0 Å². The smallest absolute Gasteiger partial charge is 0.0552 e. The van der Waals surface area contributed by atoms with Crippen LogP contribution in [0, 0.1) is 5.41 Å². The minimum absolute atomic E-state index is 0.217. The molecular formula is C9H21NO. The van der Waals surface area contributed by atoms with Gasteiger partial charge < -0.3 is 10.5 Å². The van der Waals surface area contributed by atoms with Gasteiger partial charge >= 0.3 is 0 Å². The lowest BCUT2D eigenvalue weighted by Crippen LogP contribution is -2.28. The summed E-state index contributed by atoms with van der Waals surface area (Å²) in [5, 5.41) is 0. The van der Waals surface area contributed by atoms with Crippen LogP contribution < -0.4 is 5.73 Å². The molecule has 0 heterocycles. The lowest BCUT2D eigenvalue weighted by atomic mass is 9.87. The Morgan fingerprint density at radius 3 is 2.36 bits per heavy atom. The van der Waals surface area contributed by atoms with Gasteiger partial charge in [-0.05, 0) is 32.2 Å². The van der Waals surface area contributed by atoms with Gasteiger partial charge in [0, 0.05) is 6.61 Å². The Kier molecular flexibility index (Phi) is 4.69. The van der Waals surface area contributed by atoms with E-state index in [0.717, 1.165) is 19.6 Å². The molecule has 1 atom stereocenters. The predicted octanol–water partition coefficient (Wildman–Crippen LogP) is 1.79. The van der Waals surface area contributed by atoms with Gasteiger partial charge in [-0.15, -0.1) is 0 Å². The molecule has 0 spiro atoms. The van der Waals surface area contributed by atoms with Crippen LogP contribution in [0.4, 0.5) is 0 Å². The SMILES string of the molecule is CCOC(C)CC(C)(C)CN. The average Bonchev–Trinajstić information content (AvgIpc) is 1.87. The zero-order chi connectivity index (χ0) is 8.91. The molecule has 0 amide bonds. The van der Waals surface area contributed by atoms with Gasteiger partial charge in [0.1, 0.15) is 0 Å². The van der Waals surface area contributed by atoms with E-state index in [1.807, 2.05) is 6.92 Å². The topological polar surface area (TPSA) is 35.2 Å². The molecule has 11 heavy (non-hydrogen) atoms. The Labute approximate surface area is 70.1 Å². The Hall–Kier alpha value is -0.0800. The molecule has 68 valence electrons. The van der Waals surface area contributed by atoms with Crippen molar-refractivity contribution in [1.82, 2.24) is 0 Å². The van der Waals surface area contributed by atoms with Crippen molar-refractivity contribution < 1.29 is 4.74 Å². The fourth-order valence-electron chi connectivity index (χ4n) is 1.20. The summed E-state index contributed by atoms with van der Waals surface area (Å²) in [5.74, 6) is 0. The van der Waals surface area contributed by atoms with E-state index in [0.29, 0.717) is 6.10 Å². The van der Waals surface area contributed by atoms with Crippen LogP contribution in [0.15, 0.2) is 0 Å². The molecule has 0 fully saturated rings. The molecule has 0 aliphatic carbocycles. The normalized spacial score (nSPS) is 15.0. The van der Waals surface area contributed by atoms with Crippen LogP contribution in [0.3, 0.4) is 0 Å². The maximum Gasteiger partial charge on any atom is 0.0552 e. The van der Waals surface area contributed by atoms with Gasteiger partial charge in [0.2, 0.25) is 0 Å². The third kappa shape index (κ3) is 5.22. The highest BCUT2D eigenvalue weighted by Crippen LogP contribution is 2.21. The summed E-state index contributed by atoms with van der Waals surface area (Å²) in [6.07, 6.45) is 1.37. The average molecular weight is 159 g/mol. The molecule has 1 unspecified atom stereocenters. The van der Waals surface area contributed by atoms with Crippen LogP contribution in [0.1, 0.15) is 34.1 Å². The minimum atomic E-state index is 0.217. The van der Waals surface area contributed by atoms with E-state index in [9.17, 15) is 0 Å². The first-order valence-corrected chi connectivity index (χ1v) is 4.33. The second kappa shape index (κ2) is 4.73. The predicted molar refractivity (Wildman–Crippen MR) is 48.5 cm³/mol. The largest absolute Gasteiger partial charge is 0.379 e. The Bertz CT molecular complexity index is 102. The number of hydrogen-bond acceptors (Lipinski definition) is 2. The Morgan fingerprint density at radius 1 is 1.45 bits per heavy atom. The van der Waals surface area contributed by atoms with Crippen molar-refractivity contribution in [3.05, 3.63) is 0 Å². The molecule has 0 bridgehead atoms. The van der Waals surface area contributed by atoms with Gasteiger partial charge in [0.15, 0.2) is 0 Å². The van der Waals surface area contributed by atoms with Crippen molar-refractivity contribution in [3.8, 4) is 0 Å². The third-order valence-electron chi connectivity index (χ3n) is 1.84. The van der Waals surface area contributed by atoms with Crippen LogP contribution in [0.2, 0.25) is 0 Å². The van der Waals surface area contributed by atoms with Crippen molar-refractivity contribution in [1.29, 1.82) is 0 Å². The maximum absolute atomic E-state index is 5.60. The second-order valence-corrected chi connectivity index (χ2v) is 3.84. The zero-order valence-electron chi connectivity index (χ0n) is 8.18. The summed E-state index contributed by atoms with van der Waals surface area (Å²) in [5.41, 5.74) is 5.81. The number of hydrogen-bond donors (Lipinski definition) is 1. The van der Waals surface area contributed by atoms with Gasteiger partial charge in [-0.2, -0.15) is 0 Å². The fourth-order valence-corrected chi connectivity index (χ4v) is 1.20. The molecule has 0 aromatic heterocycles. The van der Waals surface area contributed by atoms with Gasteiger partial charge in [-0.25, -0.2) is 0 Å². The van der Waals surface area contributed by atoms with Crippen molar-refractivity contribution in [2.45, 2.75) is 40.2 Å². The van der Waals surface area contributed by atoms with Crippen LogP contribution in [-0.2, 0) is 4.74 Å². The van der Waals surface area contributed by atoms with E-state index in [1.54, 1.807) is 0 Å². The summed E-state index contributed by atoms with van der Waals surface area (Å²) in [4.78, 5) is 0. The number of nitrogens with two attached hydrogens (primary N) is 1. The standard InChI is InChI=1S/C9H21NO/c1-5-11-8(2)6-9(3,4)7-10/h8H,5-7,10H2,1-4H3. The van der Waals surface area contributed by atoms with Crippen molar-refractivity contribution in [2.24, 2.45) is 11.1 Å². The number of ether oxygens (including phenoxy) is 1. The zero-order valence-corrected chi connectivity index (χ0v) is 8.18. The first kappa shape index (κ1) is 10.9. The summed E-state index contributed by atoms with van der Waals surface area (Å²) in [6.45, 7) is 9.98. The fraction of sp³-hybridized carbons (Fsp3) is 1.00. The highest BCUT2D eigenvalue weighted by Gasteiger charge is 2.18.